The number of halogens is 1. The van der Waals surface area contributed by atoms with Gasteiger partial charge in [-0.2, -0.15) is 0 Å². The van der Waals surface area contributed by atoms with Gasteiger partial charge in [0.25, 0.3) is 0 Å². The summed E-state index contributed by atoms with van der Waals surface area (Å²) in [4.78, 5) is 26.3. The zero-order valence-electron chi connectivity index (χ0n) is 14.1. The SMILES string of the molecule is O=C1CC2(CCN(C(=O)OCc3ccccc3)C2)Oc2ccc(F)cc21. The zero-order valence-corrected chi connectivity index (χ0v) is 14.1. The van der Waals surface area contributed by atoms with Crippen LogP contribution in [0.4, 0.5) is 9.18 Å². The number of ether oxygens (including phenoxy) is 2. The first-order valence-corrected chi connectivity index (χ1v) is 8.52. The number of hydrogen-bond acceptors (Lipinski definition) is 4. The molecule has 26 heavy (non-hydrogen) atoms. The second-order valence-corrected chi connectivity index (χ2v) is 6.74. The molecule has 1 unspecified atom stereocenters. The Labute approximate surface area is 150 Å². The van der Waals surface area contributed by atoms with E-state index in [-0.39, 0.29) is 30.9 Å². The van der Waals surface area contributed by atoms with E-state index in [2.05, 4.69) is 0 Å². The standard InChI is InChI=1S/C20H18FNO4/c21-15-6-7-18-16(10-15)17(23)11-20(26-18)8-9-22(13-20)19(24)25-12-14-4-2-1-3-5-14/h1-7,10H,8-9,11-13H2. The van der Waals surface area contributed by atoms with E-state index in [9.17, 15) is 14.0 Å². The van der Waals surface area contributed by atoms with E-state index in [0.29, 0.717) is 18.7 Å². The summed E-state index contributed by atoms with van der Waals surface area (Å²) in [6.45, 7) is 0.936. The lowest BCUT2D eigenvalue weighted by Crippen LogP contribution is -2.45. The van der Waals surface area contributed by atoms with Crippen molar-refractivity contribution in [3.8, 4) is 5.75 Å². The number of nitrogens with zero attached hydrogens (tertiary/aromatic N) is 1. The lowest BCUT2D eigenvalue weighted by atomic mass is 9.89. The van der Waals surface area contributed by atoms with Crippen molar-refractivity contribution in [2.75, 3.05) is 13.1 Å². The van der Waals surface area contributed by atoms with Gasteiger partial charge in [-0.15, -0.1) is 0 Å². The van der Waals surface area contributed by atoms with Crippen molar-refractivity contribution in [1.82, 2.24) is 4.90 Å². The number of amides is 1. The highest BCUT2D eigenvalue weighted by Gasteiger charge is 2.47. The Morgan fingerprint density at radius 2 is 2.04 bits per heavy atom. The fourth-order valence-electron chi connectivity index (χ4n) is 3.50. The van der Waals surface area contributed by atoms with E-state index in [1.165, 1.54) is 18.2 Å². The number of Topliss-reactive ketones (excluding diaryl/α,β-unsaturated/α-hetero) is 1. The van der Waals surface area contributed by atoms with Gasteiger partial charge in [0.1, 0.15) is 23.8 Å². The lowest BCUT2D eigenvalue weighted by Gasteiger charge is -2.34. The molecule has 4 rings (SSSR count). The van der Waals surface area contributed by atoms with Crippen LogP contribution in [0.25, 0.3) is 0 Å². The highest BCUT2D eigenvalue weighted by molar-refractivity contribution is 6.00. The molecule has 0 N–H and O–H groups in total. The average Bonchev–Trinajstić information content (AvgIpc) is 3.04. The summed E-state index contributed by atoms with van der Waals surface area (Å²) in [6.07, 6.45) is 0.244. The summed E-state index contributed by atoms with van der Waals surface area (Å²) in [6, 6.07) is 13.4. The fourth-order valence-corrected chi connectivity index (χ4v) is 3.50. The Bertz CT molecular complexity index is 854. The van der Waals surface area contributed by atoms with Gasteiger partial charge in [-0.1, -0.05) is 30.3 Å². The van der Waals surface area contributed by atoms with Gasteiger partial charge in [-0.05, 0) is 23.8 Å². The largest absolute Gasteiger partial charge is 0.484 e. The number of benzene rings is 2. The molecule has 0 aromatic heterocycles. The number of rotatable bonds is 2. The molecule has 6 heteroatoms. The third-order valence-corrected chi connectivity index (χ3v) is 4.83. The van der Waals surface area contributed by atoms with Crippen molar-refractivity contribution in [3.63, 3.8) is 0 Å². The highest BCUT2D eigenvalue weighted by Crippen LogP contribution is 2.39. The fraction of sp³-hybridized carbons (Fsp3) is 0.300. The molecular weight excluding hydrogens is 337 g/mol. The molecule has 1 fully saturated rings. The van der Waals surface area contributed by atoms with Gasteiger partial charge in [-0.25, -0.2) is 9.18 Å². The molecule has 0 aliphatic carbocycles. The van der Waals surface area contributed by atoms with Crippen LogP contribution in [-0.4, -0.2) is 35.5 Å². The first-order chi connectivity index (χ1) is 12.5. The Balaban J connectivity index is 1.42. The smallest absolute Gasteiger partial charge is 0.410 e. The Kier molecular flexibility index (Phi) is 4.11. The monoisotopic (exact) mass is 355 g/mol. The molecule has 0 radical (unpaired) electrons. The lowest BCUT2D eigenvalue weighted by molar-refractivity contribution is 0.0422. The Morgan fingerprint density at radius 3 is 2.85 bits per heavy atom. The van der Waals surface area contributed by atoms with Gasteiger partial charge in [0.15, 0.2) is 5.78 Å². The second kappa shape index (κ2) is 6.44. The first kappa shape index (κ1) is 16.6. The van der Waals surface area contributed by atoms with Crippen LogP contribution in [0.5, 0.6) is 5.75 Å². The molecule has 134 valence electrons. The average molecular weight is 355 g/mol. The van der Waals surface area contributed by atoms with Gasteiger partial charge in [0.2, 0.25) is 0 Å². The minimum atomic E-state index is -0.756. The number of ketones is 1. The number of likely N-dealkylation sites (tertiary alicyclic amines) is 1. The van der Waals surface area contributed by atoms with Crippen LogP contribution >= 0.6 is 0 Å². The van der Waals surface area contributed by atoms with Gasteiger partial charge in [0, 0.05) is 13.0 Å². The molecule has 2 heterocycles. The summed E-state index contributed by atoms with van der Waals surface area (Å²) in [5.74, 6) is -0.249. The zero-order chi connectivity index (χ0) is 18.1. The molecule has 2 aliphatic rings. The molecule has 2 aliphatic heterocycles. The molecule has 2 aromatic carbocycles. The minimum Gasteiger partial charge on any atom is -0.484 e. The normalized spacial score (nSPS) is 21.4. The predicted octanol–water partition coefficient (Wildman–Crippen LogP) is 3.57. The highest BCUT2D eigenvalue weighted by atomic mass is 19.1. The first-order valence-electron chi connectivity index (χ1n) is 8.52. The maximum atomic E-state index is 13.4. The van der Waals surface area contributed by atoms with E-state index >= 15 is 0 Å². The van der Waals surface area contributed by atoms with Crippen LogP contribution in [0.1, 0.15) is 28.8 Å². The van der Waals surface area contributed by atoms with E-state index in [4.69, 9.17) is 9.47 Å². The van der Waals surface area contributed by atoms with Crippen LogP contribution in [0.15, 0.2) is 48.5 Å². The maximum Gasteiger partial charge on any atom is 0.410 e. The minimum absolute atomic E-state index is 0.131. The summed E-state index contributed by atoms with van der Waals surface area (Å²) in [7, 11) is 0. The number of fused-ring (bicyclic) bond motifs is 1. The van der Waals surface area contributed by atoms with E-state index in [1.54, 1.807) is 4.90 Å². The maximum absolute atomic E-state index is 13.4. The van der Waals surface area contributed by atoms with Crippen LogP contribution < -0.4 is 4.74 Å². The number of hydrogen-bond donors (Lipinski definition) is 0. The molecule has 1 spiro atoms. The molecule has 0 saturated carbocycles. The molecule has 0 bridgehead atoms. The topological polar surface area (TPSA) is 55.8 Å². The van der Waals surface area contributed by atoms with Crippen molar-refractivity contribution in [2.24, 2.45) is 0 Å². The number of carbonyl (C=O) groups excluding carboxylic acids is 2. The summed E-state index contributed by atoms with van der Waals surface area (Å²) in [5, 5.41) is 0. The third kappa shape index (κ3) is 3.14. The molecule has 5 nitrogen and oxygen atoms in total. The van der Waals surface area contributed by atoms with E-state index in [0.717, 1.165) is 5.56 Å². The molecule has 2 aromatic rings. The van der Waals surface area contributed by atoms with Crippen LogP contribution in [-0.2, 0) is 11.3 Å². The van der Waals surface area contributed by atoms with Crippen LogP contribution in [0.3, 0.4) is 0 Å². The van der Waals surface area contributed by atoms with Gasteiger partial charge < -0.3 is 14.4 Å². The number of carbonyl (C=O) groups is 2. The van der Waals surface area contributed by atoms with Crippen LogP contribution in [0.2, 0.25) is 0 Å². The molecule has 1 atom stereocenters. The molecule has 1 amide bonds. The van der Waals surface area contributed by atoms with Crippen LogP contribution in [0, 0.1) is 5.82 Å². The van der Waals surface area contributed by atoms with Gasteiger partial charge >= 0.3 is 6.09 Å². The summed E-state index contributed by atoms with van der Waals surface area (Å²) >= 11 is 0. The Hall–Kier alpha value is -2.89. The van der Waals surface area contributed by atoms with Crippen molar-refractivity contribution in [2.45, 2.75) is 25.0 Å². The summed E-state index contributed by atoms with van der Waals surface area (Å²) in [5.41, 5.74) is 0.420. The van der Waals surface area contributed by atoms with E-state index < -0.39 is 17.5 Å². The Morgan fingerprint density at radius 1 is 1.23 bits per heavy atom. The molecular formula is C20H18FNO4. The molecule has 1 saturated heterocycles. The summed E-state index contributed by atoms with van der Waals surface area (Å²) < 4.78 is 24.7. The van der Waals surface area contributed by atoms with Crippen molar-refractivity contribution < 1.29 is 23.5 Å². The van der Waals surface area contributed by atoms with Crippen molar-refractivity contribution in [3.05, 3.63) is 65.5 Å². The van der Waals surface area contributed by atoms with Crippen molar-refractivity contribution >= 4 is 11.9 Å². The predicted molar refractivity (Wildman–Crippen MR) is 91.5 cm³/mol. The van der Waals surface area contributed by atoms with E-state index in [1.807, 2.05) is 30.3 Å². The second-order valence-electron chi connectivity index (χ2n) is 6.74. The van der Waals surface area contributed by atoms with Crippen molar-refractivity contribution in [1.29, 1.82) is 0 Å². The van der Waals surface area contributed by atoms with Gasteiger partial charge in [-0.3, -0.25) is 4.79 Å². The van der Waals surface area contributed by atoms with Gasteiger partial charge in [0.05, 0.1) is 18.5 Å². The quantitative estimate of drug-likeness (QED) is 0.826. The third-order valence-electron chi connectivity index (χ3n) is 4.83.